The van der Waals surface area contributed by atoms with Crippen LogP contribution in [0.25, 0.3) is 0 Å². The maximum absolute atomic E-state index is 13.7. The van der Waals surface area contributed by atoms with Gasteiger partial charge in [-0.25, -0.2) is 0 Å². The highest BCUT2D eigenvalue weighted by atomic mass is 16.5. The van der Waals surface area contributed by atoms with E-state index in [2.05, 4.69) is 36.3 Å². The smallest absolute Gasteiger partial charge is 0.201 e. The first-order valence-corrected chi connectivity index (χ1v) is 32.5. The molecule has 440 valence electrons. The molecule has 9 heteroatoms. The van der Waals surface area contributed by atoms with Gasteiger partial charge in [0.1, 0.15) is 17.2 Å². The Hall–Kier alpha value is -4.53. The van der Waals surface area contributed by atoms with Gasteiger partial charge in [0.05, 0.1) is 36.9 Å². The monoisotopic (exact) mass is 1080 g/mol. The molecule has 0 unspecified atom stereocenters. The Labute approximate surface area is 476 Å². The summed E-state index contributed by atoms with van der Waals surface area (Å²) in [6.07, 6.45) is 48.1. The van der Waals surface area contributed by atoms with E-state index in [9.17, 15) is 14.4 Å². The zero-order valence-electron chi connectivity index (χ0n) is 50.1. The average Bonchev–Trinajstić information content (AvgIpc) is 3.83. The van der Waals surface area contributed by atoms with Gasteiger partial charge in [-0.2, -0.15) is 0 Å². The Balaban J connectivity index is 1.49. The van der Waals surface area contributed by atoms with Crippen LogP contribution in [0.1, 0.15) is 265 Å². The molecular weight excluding hydrogens is 967 g/mol. The first-order valence-electron chi connectivity index (χ1n) is 32.5. The average molecular weight is 1080 g/mol. The van der Waals surface area contributed by atoms with E-state index in [0.29, 0.717) is 93.2 Å². The molecule has 9 nitrogen and oxygen atoms in total. The molecule has 0 aromatic heterocycles. The van der Waals surface area contributed by atoms with E-state index in [0.717, 1.165) is 38.5 Å². The van der Waals surface area contributed by atoms with Gasteiger partial charge in [-0.3, -0.25) is 14.4 Å². The van der Waals surface area contributed by atoms with Crippen LogP contribution in [0.4, 0.5) is 17.1 Å². The van der Waals surface area contributed by atoms with Crippen molar-refractivity contribution in [2.24, 2.45) is 0 Å². The summed E-state index contributed by atoms with van der Waals surface area (Å²) in [4.78, 5) is 42.1. The van der Waals surface area contributed by atoms with Gasteiger partial charge in [-0.1, -0.05) is 233 Å². The van der Waals surface area contributed by atoms with E-state index < -0.39 is 0 Å². The van der Waals surface area contributed by atoms with Gasteiger partial charge in [-0.15, -0.1) is 0 Å². The fourth-order valence-corrected chi connectivity index (χ4v) is 10.2. The summed E-state index contributed by atoms with van der Waals surface area (Å²) in [5.41, 5.74) is 1.41. The zero-order valence-corrected chi connectivity index (χ0v) is 50.1. The second-order valence-electron chi connectivity index (χ2n) is 22.3. The second-order valence-corrected chi connectivity index (χ2v) is 22.3. The van der Waals surface area contributed by atoms with Gasteiger partial charge in [-0.05, 0) is 105 Å². The van der Waals surface area contributed by atoms with Crippen LogP contribution in [0, 0.1) is 0 Å². The van der Waals surface area contributed by atoms with Crippen molar-refractivity contribution in [3.05, 3.63) is 103 Å². The van der Waals surface area contributed by atoms with Crippen molar-refractivity contribution >= 4 is 17.1 Å². The molecule has 0 radical (unpaired) electrons. The highest BCUT2D eigenvalue weighted by Crippen LogP contribution is 2.19. The quantitative estimate of drug-likeness (QED) is 0.0535. The summed E-state index contributed by atoms with van der Waals surface area (Å²) >= 11 is 0. The molecule has 0 aliphatic carbocycles. The fourth-order valence-electron chi connectivity index (χ4n) is 10.2. The van der Waals surface area contributed by atoms with E-state index in [4.69, 9.17) is 14.2 Å². The number of ether oxygens (including phenoxy) is 3. The Morgan fingerprint density at radius 3 is 0.859 bits per heavy atom. The number of hydrogen-bond donors (Lipinski definition) is 2. The molecule has 3 rings (SSSR count). The van der Waals surface area contributed by atoms with Crippen molar-refractivity contribution in [3.8, 4) is 17.2 Å². The number of nitrogens with zero attached hydrogens (tertiary/aromatic N) is 1. The Morgan fingerprint density at radius 1 is 0.295 bits per heavy atom. The van der Waals surface area contributed by atoms with Gasteiger partial charge in [0.15, 0.2) is 0 Å². The van der Waals surface area contributed by atoms with Crippen molar-refractivity contribution in [3.63, 3.8) is 0 Å². The van der Waals surface area contributed by atoms with Crippen molar-refractivity contribution in [2.45, 2.75) is 265 Å². The van der Waals surface area contributed by atoms with Crippen LogP contribution in [-0.4, -0.2) is 46.0 Å². The molecule has 0 amide bonds. The van der Waals surface area contributed by atoms with Gasteiger partial charge in [0, 0.05) is 26.2 Å². The maximum atomic E-state index is 13.7. The van der Waals surface area contributed by atoms with Crippen LogP contribution in [0.15, 0.2) is 87.2 Å². The molecule has 0 bridgehead atoms. The summed E-state index contributed by atoms with van der Waals surface area (Å²) < 4.78 is 18.3. The van der Waals surface area contributed by atoms with E-state index >= 15 is 0 Å². The van der Waals surface area contributed by atoms with Crippen LogP contribution >= 0.6 is 0 Å². The van der Waals surface area contributed by atoms with Gasteiger partial charge in [0.2, 0.25) is 16.3 Å². The van der Waals surface area contributed by atoms with Crippen molar-refractivity contribution in [1.82, 2.24) is 0 Å². The summed E-state index contributed by atoms with van der Waals surface area (Å²) in [6, 6.07) is 21.3. The molecule has 0 heterocycles. The van der Waals surface area contributed by atoms with Crippen molar-refractivity contribution in [1.29, 1.82) is 0 Å². The summed E-state index contributed by atoms with van der Waals surface area (Å²) in [7, 11) is 0. The molecule has 3 aromatic rings. The van der Waals surface area contributed by atoms with Gasteiger partial charge < -0.3 is 29.7 Å². The third-order valence-electron chi connectivity index (χ3n) is 15.2. The lowest BCUT2D eigenvalue weighted by molar-refractivity contribution is 0.304. The zero-order chi connectivity index (χ0) is 55.6. The highest BCUT2D eigenvalue weighted by Gasteiger charge is 2.11. The summed E-state index contributed by atoms with van der Waals surface area (Å²) in [5.74, 6) is 2.10. The second kappa shape index (κ2) is 48.4. The molecule has 0 aliphatic rings. The molecule has 0 fully saturated rings. The summed E-state index contributed by atoms with van der Waals surface area (Å²) in [6.45, 7) is 11.0. The molecule has 2 N–H and O–H groups in total. The molecule has 0 saturated carbocycles. The lowest BCUT2D eigenvalue weighted by Crippen LogP contribution is -2.31. The Morgan fingerprint density at radius 2 is 0.551 bits per heavy atom. The van der Waals surface area contributed by atoms with Crippen molar-refractivity contribution in [2.75, 3.05) is 61.5 Å². The molecule has 0 spiro atoms. The molecule has 3 aromatic carbocycles. The maximum Gasteiger partial charge on any atom is 0.201 e. The minimum atomic E-state index is -0.0866. The minimum Gasteiger partial charge on any atom is -0.494 e. The third-order valence-corrected chi connectivity index (χ3v) is 15.2. The standard InChI is InChI=1S/C69H113N3O6/c1-4-7-10-13-16-19-22-25-28-31-34-37-58-76-61-42-48-64(67(73)51-45-61)70-54-40-56-72(66-50-44-63(47-53-69(66)75)78-60-39-36-33-30-27-24-21-18-15-12-9-6-3)57-41-55-71-65-49-43-62(46-52-68(65)74)77-59-38-35-32-29-26-23-20-17-14-11-8-5-2/h42-53H,4-41,54-60H2,1-3H3,(H,70,73)(H,71,74). The van der Waals surface area contributed by atoms with Gasteiger partial charge >= 0.3 is 0 Å². The number of unbranched alkanes of at least 4 members (excludes halogenated alkanes) is 33. The van der Waals surface area contributed by atoms with E-state index in [1.165, 1.54) is 193 Å². The topological polar surface area (TPSA) is 106 Å². The van der Waals surface area contributed by atoms with Crippen LogP contribution in [0.3, 0.4) is 0 Å². The molecular formula is C69H113N3O6. The predicted octanol–water partition coefficient (Wildman–Crippen LogP) is 18.8. The Kier molecular flexibility index (Phi) is 42.0. The van der Waals surface area contributed by atoms with Crippen LogP contribution in [0.2, 0.25) is 0 Å². The summed E-state index contributed by atoms with van der Waals surface area (Å²) in [5, 5.41) is 6.72. The van der Waals surface area contributed by atoms with Gasteiger partial charge in [0.25, 0.3) is 0 Å². The van der Waals surface area contributed by atoms with Crippen LogP contribution in [-0.2, 0) is 0 Å². The SMILES string of the molecule is CCCCCCCCCCCCCCOc1ccc(NCCCN(CCCNc2ccc(OCCCCCCCCCCCCCC)ccc2=O)c2ccc(OCCCCCCCCCCCCCC)ccc2=O)c(=O)cc1. The fraction of sp³-hybridized carbons (Fsp3) is 0.696. The van der Waals surface area contributed by atoms with Crippen LogP contribution < -0.4 is 46.0 Å². The number of nitrogens with one attached hydrogen (secondary N) is 2. The van der Waals surface area contributed by atoms with Crippen LogP contribution in [0.5, 0.6) is 17.2 Å². The molecule has 78 heavy (non-hydrogen) atoms. The first kappa shape index (κ1) is 67.7. The van der Waals surface area contributed by atoms with E-state index in [1.54, 1.807) is 36.4 Å². The lowest BCUT2D eigenvalue weighted by Gasteiger charge is -2.24. The number of hydrogen-bond acceptors (Lipinski definition) is 9. The van der Waals surface area contributed by atoms with Crippen molar-refractivity contribution < 1.29 is 14.2 Å². The number of rotatable bonds is 53. The molecule has 0 aliphatic heterocycles. The lowest BCUT2D eigenvalue weighted by atomic mass is 10.1. The largest absolute Gasteiger partial charge is 0.494 e. The normalized spacial score (nSPS) is 11.2. The third kappa shape index (κ3) is 35.2. The minimum absolute atomic E-state index is 0.0722. The van der Waals surface area contributed by atoms with E-state index in [1.807, 2.05) is 36.4 Å². The number of anilines is 3. The Bertz CT molecular complexity index is 1980. The first-order chi connectivity index (χ1) is 38.4. The highest BCUT2D eigenvalue weighted by molar-refractivity contribution is 5.48. The van der Waals surface area contributed by atoms with E-state index in [-0.39, 0.29) is 16.3 Å². The molecule has 0 atom stereocenters. The molecule has 0 saturated heterocycles. The predicted molar refractivity (Wildman–Crippen MR) is 336 cm³/mol.